The van der Waals surface area contributed by atoms with Crippen molar-refractivity contribution in [1.29, 1.82) is 0 Å². The van der Waals surface area contributed by atoms with Crippen LogP contribution in [0.15, 0.2) is 24.3 Å². The summed E-state index contributed by atoms with van der Waals surface area (Å²) in [5, 5.41) is 0. The maximum absolute atomic E-state index is 11.4. The van der Waals surface area contributed by atoms with Gasteiger partial charge in [-0.2, -0.15) is 0 Å². The highest BCUT2D eigenvalue weighted by molar-refractivity contribution is 5.96. The molecular formula is C11H15NO2. The largest absolute Gasteiger partial charge is 0.380 e. The minimum Gasteiger partial charge on any atom is -0.380 e. The average Bonchev–Trinajstić information content (AvgIpc) is 2.20. The first-order valence-corrected chi connectivity index (χ1v) is 4.59. The number of methoxy groups -OCH3 is 1. The summed E-state index contributed by atoms with van der Waals surface area (Å²) in [5.41, 5.74) is 7.09. The van der Waals surface area contributed by atoms with E-state index in [1.807, 2.05) is 24.3 Å². The van der Waals surface area contributed by atoms with E-state index >= 15 is 0 Å². The van der Waals surface area contributed by atoms with E-state index in [1.54, 1.807) is 7.11 Å². The monoisotopic (exact) mass is 193 g/mol. The van der Waals surface area contributed by atoms with Gasteiger partial charge >= 0.3 is 0 Å². The Balaban J connectivity index is 2.67. The quantitative estimate of drug-likeness (QED) is 0.718. The highest BCUT2D eigenvalue weighted by Gasteiger charge is 2.03. The third-order valence-corrected chi connectivity index (χ3v) is 1.96. The first-order valence-electron chi connectivity index (χ1n) is 4.59. The van der Waals surface area contributed by atoms with E-state index < -0.39 is 0 Å². The lowest BCUT2D eigenvalue weighted by molar-refractivity contribution is 0.0985. The summed E-state index contributed by atoms with van der Waals surface area (Å²) in [6, 6.07) is 7.42. The first kappa shape index (κ1) is 10.9. The summed E-state index contributed by atoms with van der Waals surface area (Å²) >= 11 is 0. The number of nitrogens with two attached hydrogens (primary N) is 1. The number of rotatable bonds is 5. The molecule has 0 aromatic heterocycles. The number of benzene rings is 1. The Labute approximate surface area is 83.9 Å². The molecular weight excluding hydrogens is 178 g/mol. The maximum atomic E-state index is 11.4. The fourth-order valence-electron chi connectivity index (χ4n) is 1.23. The van der Waals surface area contributed by atoms with Crippen LogP contribution in [0.3, 0.4) is 0 Å². The van der Waals surface area contributed by atoms with Crippen LogP contribution in [0.4, 0.5) is 0 Å². The third kappa shape index (κ3) is 2.94. The highest BCUT2D eigenvalue weighted by Crippen LogP contribution is 2.07. The molecule has 0 aliphatic carbocycles. The van der Waals surface area contributed by atoms with Gasteiger partial charge < -0.3 is 10.5 Å². The van der Waals surface area contributed by atoms with Gasteiger partial charge in [-0.05, 0) is 12.1 Å². The molecule has 0 aliphatic rings. The first-order chi connectivity index (χ1) is 6.77. The lowest BCUT2D eigenvalue weighted by Crippen LogP contribution is -2.08. The van der Waals surface area contributed by atoms with Crippen LogP contribution < -0.4 is 5.73 Å². The molecule has 3 heteroatoms. The topological polar surface area (TPSA) is 52.3 Å². The van der Waals surface area contributed by atoms with Crippen LogP contribution in [0.25, 0.3) is 0 Å². The molecule has 1 rings (SSSR count). The number of Topliss-reactive ketones (excluding diaryl/α,β-unsaturated/α-hetero) is 1. The summed E-state index contributed by atoms with van der Waals surface area (Å²) in [6.07, 6.45) is 0.406. The zero-order valence-corrected chi connectivity index (χ0v) is 8.32. The van der Waals surface area contributed by atoms with Crippen LogP contribution >= 0.6 is 0 Å². The minimum absolute atomic E-state index is 0.0940. The van der Waals surface area contributed by atoms with Crippen molar-refractivity contribution < 1.29 is 9.53 Å². The molecule has 0 amide bonds. The van der Waals surface area contributed by atoms with Crippen molar-refractivity contribution in [3.8, 4) is 0 Å². The summed E-state index contributed by atoms with van der Waals surface area (Å²) < 4.78 is 4.97. The van der Waals surface area contributed by atoms with Crippen LogP contribution in [0.2, 0.25) is 0 Å². The van der Waals surface area contributed by atoms with Gasteiger partial charge in [0.1, 0.15) is 0 Å². The zero-order chi connectivity index (χ0) is 10.4. The second-order valence-electron chi connectivity index (χ2n) is 3.09. The SMILES string of the molecule is COCc1ccc(C(=O)CCN)cc1. The molecule has 0 aliphatic heterocycles. The Bertz CT molecular complexity index is 293. The molecule has 1 aromatic rings. The minimum atomic E-state index is 0.0940. The molecule has 0 fully saturated rings. The smallest absolute Gasteiger partial charge is 0.164 e. The average molecular weight is 193 g/mol. The normalized spacial score (nSPS) is 10.1. The Morgan fingerprint density at radius 2 is 2.00 bits per heavy atom. The van der Waals surface area contributed by atoms with E-state index in [2.05, 4.69) is 0 Å². The standard InChI is InChI=1S/C11H15NO2/c1-14-8-9-2-4-10(5-3-9)11(13)6-7-12/h2-5H,6-8,12H2,1H3. The number of ketones is 1. The van der Waals surface area contributed by atoms with E-state index in [-0.39, 0.29) is 5.78 Å². The molecule has 0 bridgehead atoms. The number of hydrogen-bond donors (Lipinski definition) is 1. The van der Waals surface area contributed by atoms with E-state index in [4.69, 9.17) is 10.5 Å². The highest BCUT2D eigenvalue weighted by atomic mass is 16.5. The summed E-state index contributed by atoms with van der Waals surface area (Å²) in [6.45, 7) is 0.976. The molecule has 0 unspecified atom stereocenters. The fourth-order valence-corrected chi connectivity index (χ4v) is 1.23. The van der Waals surface area contributed by atoms with Gasteiger partial charge in [0, 0.05) is 19.1 Å². The van der Waals surface area contributed by atoms with Crippen molar-refractivity contribution in [2.45, 2.75) is 13.0 Å². The lowest BCUT2D eigenvalue weighted by atomic mass is 10.1. The molecule has 0 heterocycles. The molecule has 0 saturated heterocycles. The van der Waals surface area contributed by atoms with E-state index in [0.29, 0.717) is 19.6 Å². The molecule has 0 atom stereocenters. The lowest BCUT2D eigenvalue weighted by Gasteiger charge is -2.01. The molecule has 0 saturated carbocycles. The van der Waals surface area contributed by atoms with Crippen molar-refractivity contribution in [3.05, 3.63) is 35.4 Å². The second-order valence-corrected chi connectivity index (χ2v) is 3.09. The second kappa shape index (κ2) is 5.52. The predicted octanol–water partition coefficient (Wildman–Crippen LogP) is 1.36. The van der Waals surface area contributed by atoms with Gasteiger partial charge in [-0.25, -0.2) is 0 Å². The van der Waals surface area contributed by atoms with Crippen molar-refractivity contribution >= 4 is 5.78 Å². The Kier molecular flexibility index (Phi) is 4.29. The van der Waals surface area contributed by atoms with Crippen LogP contribution in [0, 0.1) is 0 Å². The van der Waals surface area contributed by atoms with E-state index in [9.17, 15) is 4.79 Å². The Morgan fingerprint density at radius 1 is 1.36 bits per heavy atom. The molecule has 2 N–H and O–H groups in total. The van der Waals surface area contributed by atoms with Gasteiger partial charge in [0.2, 0.25) is 0 Å². The fraction of sp³-hybridized carbons (Fsp3) is 0.364. The molecule has 3 nitrogen and oxygen atoms in total. The molecule has 1 aromatic carbocycles. The maximum Gasteiger partial charge on any atom is 0.164 e. The van der Waals surface area contributed by atoms with Gasteiger partial charge in [0.15, 0.2) is 5.78 Å². The zero-order valence-electron chi connectivity index (χ0n) is 8.32. The van der Waals surface area contributed by atoms with Gasteiger partial charge in [-0.15, -0.1) is 0 Å². The van der Waals surface area contributed by atoms with Crippen LogP contribution in [-0.2, 0) is 11.3 Å². The summed E-state index contributed by atoms with van der Waals surface area (Å²) in [5.74, 6) is 0.0940. The predicted molar refractivity (Wildman–Crippen MR) is 55.2 cm³/mol. The molecule has 0 spiro atoms. The van der Waals surface area contributed by atoms with Crippen molar-refractivity contribution in [3.63, 3.8) is 0 Å². The van der Waals surface area contributed by atoms with Gasteiger partial charge in [-0.1, -0.05) is 24.3 Å². The Morgan fingerprint density at radius 3 is 2.50 bits per heavy atom. The number of hydrogen-bond acceptors (Lipinski definition) is 3. The summed E-state index contributed by atoms with van der Waals surface area (Å²) in [7, 11) is 1.65. The molecule has 14 heavy (non-hydrogen) atoms. The van der Waals surface area contributed by atoms with Crippen molar-refractivity contribution in [1.82, 2.24) is 0 Å². The third-order valence-electron chi connectivity index (χ3n) is 1.96. The number of carbonyl (C=O) groups excluding carboxylic acids is 1. The van der Waals surface area contributed by atoms with Crippen molar-refractivity contribution in [2.75, 3.05) is 13.7 Å². The van der Waals surface area contributed by atoms with Crippen LogP contribution in [0.5, 0.6) is 0 Å². The van der Waals surface area contributed by atoms with E-state index in [0.717, 1.165) is 11.1 Å². The number of ether oxygens (including phenoxy) is 1. The van der Waals surface area contributed by atoms with Gasteiger partial charge in [0.05, 0.1) is 6.61 Å². The van der Waals surface area contributed by atoms with Gasteiger partial charge in [-0.3, -0.25) is 4.79 Å². The number of carbonyl (C=O) groups is 1. The van der Waals surface area contributed by atoms with Crippen LogP contribution in [-0.4, -0.2) is 19.4 Å². The Hall–Kier alpha value is -1.19. The molecule has 76 valence electrons. The van der Waals surface area contributed by atoms with Crippen LogP contribution in [0.1, 0.15) is 22.3 Å². The van der Waals surface area contributed by atoms with E-state index in [1.165, 1.54) is 0 Å². The molecule has 0 radical (unpaired) electrons. The summed E-state index contributed by atoms with van der Waals surface area (Å²) in [4.78, 5) is 11.4. The van der Waals surface area contributed by atoms with Crippen molar-refractivity contribution in [2.24, 2.45) is 5.73 Å². The van der Waals surface area contributed by atoms with Gasteiger partial charge in [0.25, 0.3) is 0 Å².